The summed E-state index contributed by atoms with van der Waals surface area (Å²) < 4.78 is 0. The molecule has 1 aromatic heterocycles. The topological polar surface area (TPSA) is 71.1 Å². The van der Waals surface area contributed by atoms with Gasteiger partial charge < -0.3 is 10.6 Å². The molecular weight excluding hydrogens is 417 g/mol. The van der Waals surface area contributed by atoms with E-state index < -0.39 is 0 Å². The van der Waals surface area contributed by atoms with Crippen molar-refractivity contribution in [2.75, 3.05) is 11.9 Å². The number of anilines is 1. The molecule has 0 fully saturated rings. The molecule has 5 nitrogen and oxygen atoms in total. The van der Waals surface area contributed by atoms with Gasteiger partial charge in [0.1, 0.15) is 0 Å². The number of hydrogen-bond acceptors (Lipinski definition) is 4. The highest BCUT2D eigenvalue weighted by Crippen LogP contribution is 2.29. The lowest BCUT2D eigenvalue weighted by molar-refractivity contribution is -0.123. The molecule has 0 aliphatic heterocycles. The van der Waals surface area contributed by atoms with E-state index in [-0.39, 0.29) is 24.8 Å². The molecular formula is C20H17Cl2N3O2S. The molecule has 2 aromatic carbocycles. The first-order valence-corrected chi connectivity index (χ1v) is 10.1. The van der Waals surface area contributed by atoms with Gasteiger partial charge >= 0.3 is 0 Å². The van der Waals surface area contributed by atoms with Crippen LogP contribution in [-0.2, 0) is 22.4 Å². The van der Waals surface area contributed by atoms with Gasteiger partial charge in [-0.15, -0.1) is 11.3 Å². The fourth-order valence-electron chi connectivity index (χ4n) is 2.51. The third-order valence-corrected chi connectivity index (χ3v) is 5.62. The van der Waals surface area contributed by atoms with Crippen molar-refractivity contribution >= 4 is 51.5 Å². The number of halogens is 2. The minimum Gasteiger partial charge on any atom is -0.347 e. The van der Waals surface area contributed by atoms with Gasteiger partial charge in [0.2, 0.25) is 11.8 Å². The standard InChI is InChI=1S/C20H17Cl2N3O2S/c21-16-8-4-7-14(19(16)22)10-15-11-24-20(28-15)25-18(27)12-23-17(26)9-13-5-2-1-3-6-13/h1-8,11H,9-10,12H2,(H,23,26)(H,24,25,27). The van der Waals surface area contributed by atoms with Crippen LogP contribution in [0.1, 0.15) is 16.0 Å². The zero-order chi connectivity index (χ0) is 19.9. The molecule has 3 aromatic rings. The third-order valence-electron chi connectivity index (χ3n) is 3.85. The van der Waals surface area contributed by atoms with E-state index in [4.69, 9.17) is 23.2 Å². The Hall–Kier alpha value is -2.41. The van der Waals surface area contributed by atoms with Crippen LogP contribution in [0.25, 0.3) is 0 Å². The maximum absolute atomic E-state index is 12.0. The van der Waals surface area contributed by atoms with Crippen LogP contribution in [0.5, 0.6) is 0 Å². The van der Waals surface area contributed by atoms with Crippen LogP contribution in [0.4, 0.5) is 5.13 Å². The second-order valence-corrected chi connectivity index (χ2v) is 7.91. The first kappa shape index (κ1) is 20.3. The maximum atomic E-state index is 12.0. The van der Waals surface area contributed by atoms with E-state index in [0.717, 1.165) is 16.0 Å². The average molecular weight is 434 g/mol. The van der Waals surface area contributed by atoms with Crippen LogP contribution >= 0.6 is 34.5 Å². The quantitative estimate of drug-likeness (QED) is 0.581. The van der Waals surface area contributed by atoms with Crippen molar-refractivity contribution in [1.82, 2.24) is 10.3 Å². The lowest BCUT2D eigenvalue weighted by Crippen LogP contribution is -2.33. The lowest BCUT2D eigenvalue weighted by atomic mass is 10.1. The molecule has 8 heteroatoms. The predicted octanol–water partition coefficient (Wildman–Crippen LogP) is 4.34. The highest BCUT2D eigenvalue weighted by atomic mass is 35.5. The summed E-state index contributed by atoms with van der Waals surface area (Å²) in [7, 11) is 0. The predicted molar refractivity (Wildman–Crippen MR) is 113 cm³/mol. The van der Waals surface area contributed by atoms with Gasteiger partial charge in [0, 0.05) is 17.5 Å². The molecule has 0 unspecified atom stereocenters. The van der Waals surface area contributed by atoms with Gasteiger partial charge in [-0.1, -0.05) is 65.7 Å². The number of thiazole rings is 1. The summed E-state index contributed by atoms with van der Waals surface area (Å²) >= 11 is 13.6. The average Bonchev–Trinajstić information content (AvgIpc) is 3.11. The summed E-state index contributed by atoms with van der Waals surface area (Å²) in [6.45, 7) is -0.110. The Bertz CT molecular complexity index is 977. The Kier molecular flexibility index (Phi) is 7.03. The van der Waals surface area contributed by atoms with Gasteiger partial charge in [0.25, 0.3) is 0 Å². The summed E-state index contributed by atoms with van der Waals surface area (Å²) in [5.41, 5.74) is 1.79. The van der Waals surface area contributed by atoms with Gasteiger partial charge in [-0.3, -0.25) is 9.59 Å². The van der Waals surface area contributed by atoms with Gasteiger partial charge in [0.05, 0.1) is 23.0 Å². The lowest BCUT2D eigenvalue weighted by Gasteiger charge is -2.05. The number of carbonyl (C=O) groups is 2. The molecule has 2 amide bonds. The fourth-order valence-corrected chi connectivity index (χ4v) is 3.74. The van der Waals surface area contributed by atoms with Crippen LogP contribution in [-0.4, -0.2) is 23.3 Å². The van der Waals surface area contributed by atoms with E-state index in [1.165, 1.54) is 11.3 Å². The minimum atomic E-state index is -0.330. The number of hydrogen-bond donors (Lipinski definition) is 2. The van der Waals surface area contributed by atoms with E-state index in [2.05, 4.69) is 15.6 Å². The second kappa shape index (κ2) is 9.68. The van der Waals surface area contributed by atoms with Crippen LogP contribution < -0.4 is 10.6 Å². The number of rotatable bonds is 7. The van der Waals surface area contributed by atoms with E-state index >= 15 is 0 Å². The molecule has 0 saturated carbocycles. The van der Waals surface area contributed by atoms with Gasteiger partial charge in [0.15, 0.2) is 5.13 Å². The van der Waals surface area contributed by atoms with Gasteiger partial charge in [-0.25, -0.2) is 4.98 Å². The van der Waals surface area contributed by atoms with Crippen molar-refractivity contribution in [3.05, 3.63) is 80.8 Å². The monoisotopic (exact) mass is 433 g/mol. The van der Waals surface area contributed by atoms with Crippen molar-refractivity contribution in [3.63, 3.8) is 0 Å². The number of nitrogens with one attached hydrogen (secondary N) is 2. The smallest absolute Gasteiger partial charge is 0.245 e. The Morgan fingerprint density at radius 1 is 1.00 bits per heavy atom. The van der Waals surface area contributed by atoms with Gasteiger partial charge in [-0.2, -0.15) is 0 Å². The van der Waals surface area contributed by atoms with Crippen molar-refractivity contribution < 1.29 is 9.59 Å². The number of nitrogens with zero attached hydrogens (tertiary/aromatic N) is 1. The Labute approximate surface area is 176 Å². The van der Waals surface area contributed by atoms with Crippen LogP contribution in [0, 0.1) is 0 Å². The van der Waals surface area contributed by atoms with Crippen molar-refractivity contribution in [1.29, 1.82) is 0 Å². The molecule has 0 radical (unpaired) electrons. The molecule has 144 valence electrons. The van der Waals surface area contributed by atoms with Crippen molar-refractivity contribution in [3.8, 4) is 0 Å². The van der Waals surface area contributed by atoms with E-state index in [1.807, 2.05) is 42.5 Å². The molecule has 28 heavy (non-hydrogen) atoms. The largest absolute Gasteiger partial charge is 0.347 e. The van der Waals surface area contributed by atoms with Crippen LogP contribution in [0.15, 0.2) is 54.7 Å². The first-order chi connectivity index (χ1) is 13.5. The second-order valence-electron chi connectivity index (χ2n) is 6.01. The summed E-state index contributed by atoms with van der Waals surface area (Å²) in [6, 6.07) is 14.8. The minimum absolute atomic E-state index is 0.110. The molecule has 2 N–H and O–H groups in total. The SMILES string of the molecule is O=C(Cc1ccccc1)NCC(=O)Nc1ncc(Cc2cccc(Cl)c2Cl)s1. The number of carbonyl (C=O) groups excluding carboxylic acids is 2. The molecule has 3 rings (SSSR count). The summed E-state index contributed by atoms with van der Waals surface area (Å²) in [5, 5.41) is 6.78. The zero-order valence-corrected chi connectivity index (χ0v) is 17.1. The molecule has 0 aliphatic carbocycles. The van der Waals surface area contributed by atoms with Gasteiger partial charge in [-0.05, 0) is 17.2 Å². The Balaban J connectivity index is 1.48. The molecule has 0 atom stereocenters. The highest BCUT2D eigenvalue weighted by molar-refractivity contribution is 7.15. The summed E-state index contributed by atoms with van der Waals surface area (Å²) in [5.74, 6) is -0.542. The molecule has 0 saturated heterocycles. The summed E-state index contributed by atoms with van der Waals surface area (Å²) in [6.07, 6.45) is 2.49. The van der Waals surface area contributed by atoms with Crippen molar-refractivity contribution in [2.24, 2.45) is 0 Å². The summed E-state index contributed by atoms with van der Waals surface area (Å²) in [4.78, 5) is 29.1. The Morgan fingerprint density at radius 3 is 2.57 bits per heavy atom. The van der Waals surface area contributed by atoms with Crippen molar-refractivity contribution in [2.45, 2.75) is 12.8 Å². The zero-order valence-electron chi connectivity index (χ0n) is 14.7. The number of aromatic nitrogens is 1. The highest BCUT2D eigenvalue weighted by Gasteiger charge is 2.11. The van der Waals surface area contributed by atoms with Crippen LogP contribution in [0.2, 0.25) is 10.0 Å². The Morgan fingerprint density at radius 2 is 1.79 bits per heavy atom. The number of benzene rings is 2. The normalized spacial score (nSPS) is 10.5. The molecule has 0 bridgehead atoms. The fraction of sp³-hybridized carbons (Fsp3) is 0.150. The van der Waals surface area contributed by atoms with E-state index in [0.29, 0.717) is 21.6 Å². The third kappa shape index (κ3) is 5.79. The first-order valence-electron chi connectivity index (χ1n) is 8.49. The van der Waals surface area contributed by atoms with Crippen LogP contribution in [0.3, 0.4) is 0 Å². The van der Waals surface area contributed by atoms with E-state index in [9.17, 15) is 9.59 Å². The molecule has 0 aliphatic rings. The molecule has 1 heterocycles. The van der Waals surface area contributed by atoms with E-state index in [1.54, 1.807) is 12.3 Å². The maximum Gasteiger partial charge on any atom is 0.245 e. The number of amides is 2. The molecule has 0 spiro atoms.